The molecule has 3 rings (SSSR count). The maximum absolute atomic E-state index is 12.0. The molecule has 0 saturated heterocycles. The Balaban J connectivity index is 1.58. The van der Waals surface area contributed by atoms with Gasteiger partial charge in [-0.2, -0.15) is 0 Å². The van der Waals surface area contributed by atoms with Crippen molar-refractivity contribution in [2.75, 3.05) is 26.4 Å². The summed E-state index contributed by atoms with van der Waals surface area (Å²) in [6.07, 6.45) is 3.44. The van der Waals surface area contributed by atoms with Gasteiger partial charge in [0.2, 0.25) is 11.8 Å². The SMILES string of the molecule is CNC(=O)CN(C)C(=O)CSc1nnc(-c2cc3c(s2)CC[C@@H](C)C3)o1. The topological polar surface area (TPSA) is 88.3 Å². The van der Waals surface area contributed by atoms with Crippen LogP contribution in [-0.4, -0.2) is 53.3 Å². The second-order valence-corrected chi connectivity index (χ2v) is 8.56. The van der Waals surface area contributed by atoms with E-state index >= 15 is 0 Å². The van der Waals surface area contributed by atoms with Crippen molar-refractivity contribution in [1.82, 2.24) is 20.4 Å². The van der Waals surface area contributed by atoms with Crippen LogP contribution in [0.15, 0.2) is 15.7 Å². The van der Waals surface area contributed by atoms with E-state index in [2.05, 4.69) is 28.5 Å². The number of amides is 2. The first kappa shape index (κ1) is 18.9. The predicted octanol–water partition coefficient (Wildman–Crippen LogP) is 2.22. The van der Waals surface area contributed by atoms with E-state index in [1.807, 2.05) is 0 Å². The number of hydrogen-bond donors (Lipinski definition) is 1. The van der Waals surface area contributed by atoms with Gasteiger partial charge in [-0.3, -0.25) is 9.59 Å². The van der Waals surface area contributed by atoms with Gasteiger partial charge in [-0.25, -0.2) is 0 Å². The Kier molecular flexibility index (Phi) is 5.98. The Morgan fingerprint density at radius 1 is 1.46 bits per heavy atom. The van der Waals surface area contributed by atoms with Crippen molar-refractivity contribution in [2.45, 2.75) is 31.4 Å². The summed E-state index contributed by atoms with van der Waals surface area (Å²) in [6.45, 7) is 2.31. The van der Waals surface area contributed by atoms with Crippen molar-refractivity contribution in [3.63, 3.8) is 0 Å². The lowest BCUT2D eigenvalue weighted by Crippen LogP contribution is -2.37. The van der Waals surface area contributed by atoms with Gasteiger partial charge >= 0.3 is 0 Å². The molecule has 0 spiro atoms. The largest absolute Gasteiger partial charge is 0.410 e. The second kappa shape index (κ2) is 8.22. The summed E-state index contributed by atoms with van der Waals surface area (Å²) in [5.74, 6) is 0.996. The van der Waals surface area contributed by atoms with Crippen LogP contribution < -0.4 is 5.32 Å². The molecule has 0 saturated carbocycles. The van der Waals surface area contributed by atoms with E-state index in [9.17, 15) is 9.59 Å². The first-order valence-corrected chi connectivity index (χ1v) is 10.3. The average molecular weight is 395 g/mol. The van der Waals surface area contributed by atoms with Gasteiger partial charge in [-0.05, 0) is 36.8 Å². The van der Waals surface area contributed by atoms with E-state index in [1.54, 1.807) is 25.4 Å². The summed E-state index contributed by atoms with van der Waals surface area (Å²) >= 11 is 2.90. The summed E-state index contributed by atoms with van der Waals surface area (Å²) in [5, 5.41) is 11.0. The monoisotopic (exact) mass is 394 g/mol. The summed E-state index contributed by atoms with van der Waals surface area (Å²) in [4.78, 5) is 27.1. The van der Waals surface area contributed by atoms with Crippen LogP contribution in [0.3, 0.4) is 0 Å². The number of hydrogen-bond acceptors (Lipinski definition) is 7. The van der Waals surface area contributed by atoms with Gasteiger partial charge in [0.25, 0.3) is 11.1 Å². The maximum Gasteiger partial charge on any atom is 0.277 e. The molecule has 2 amide bonds. The predicted molar refractivity (Wildman–Crippen MR) is 101 cm³/mol. The third-order valence-electron chi connectivity index (χ3n) is 4.35. The number of aryl methyl sites for hydroxylation is 1. The number of fused-ring (bicyclic) bond motifs is 1. The van der Waals surface area contributed by atoms with Crippen molar-refractivity contribution in [2.24, 2.45) is 5.92 Å². The van der Waals surface area contributed by atoms with Crippen LogP contribution in [0.1, 0.15) is 23.8 Å². The Morgan fingerprint density at radius 2 is 2.27 bits per heavy atom. The van der Waals surface area contributed by atoms with Gasteiger partial charge in [-0.15, -0.1) is 21.5 Å². The molecule has 2 aromatic rings. The summed E-state index contributed by atoms with van der Waals surface area (Å²) in [7, 11) is 3.13. The van der Waals surface area contributed by atoms with Crippen molar-refractivity contribution in [1.29, 1.82) is 0 Å². The van der Waals surface area contributed by atoms with Gasteiger partial charge < -0.3 is 14.6 Å². The highest BCUT2D eigenvalue weighted by Gasteiger charge is 2.21. The summed E-state index contributed by atoms with van der Waals surface area (Å²) in [5.41, 5.74) is 1.39. The minimum absolute atomic E-state index is 0.0319. The number of rotatable bonds is 6. The lowest BCUT2D eigenvalue weighted by Gasteiger charge is -2.16. The number of nitrogens with one attached hydrogen (secondary N) is 1. The molecule has 26 heavy (non-hydrogen) atoms. The van der Waals surface area contributed by atoms with E-state index in [0.29, 0.717) is 11.1 Å². The standard InChI is InChI=1S/C17H22N4O3S2/c1-10-4-5-12-11(6-10)7-13(26-12)16-19-20-17(24-16)25-9-15(23)21(3)8-14(22)18-2/h7,10H,4-6,8-9H2,1-3H3,(H,18,22)/t10-/m1/s1. The van der Waals surface area contributed by atoms with Crippen molar-refractivity contribution >= 4 is 34.9 Å². The minimum Gasteiger partial charge on any atom is -0.410 e. The molecular weight excluding hydrogens is 372 g/mol. The molecule has 9 heteroatoms. The van der Waals surface area contributed by atoms with Crippen LogP contribution in [0.25, 0.3) is 10.8 Å². The number of aromatic nitrogens is 2. The van der Waals surface area contributed by atoms with Gasteiger partial charge in [0.05, 0.1) is 17.2 Å². The fraction of sp³-hybridized carbons (Fsp3) is 0.529. The Labute approximate surface area is 160 Å². The van der Waals surface area contributed by atoms with Gasteiger partial charge in [0, 0.05) is 19.0 Å². The van der Waals surface area contributed by atoms with Gasteiger partial charge in [0.15, 0.2) is 0 Å². The molecule has 0 unspecified atom stereocenters. The van der Waals surface area contributed by atoms with Crippen molar-refractivity contribution in [3.8, 4) is 10.8 Å². The van der Waals surface area contributed by atoms with Crippen LogP contribution in [0.2, 0.25) is 0 Å². The Bertz CT molecular complexity index is 802. The molecule has 2 aromatic heterocycles. The molecule has 0 aromatic carbocycles. The highest BCUT2D eigenvalue weighted by molar-refractivity contribution is 7.99. The van der Waals surface area contributed by atoms with Crippen LogP contribution in [0.4, 0.5) is 0 Å². The lowest BCUT2D eigenvalue weighted by molar-refractivity contribution is -0.132. The van der Waals surface area contributed by atoms with E-state index in [-0.39, 0.29) is 24.1 Å². The zero-order valence-corrected chi connectivity index (χ0v) is 16.7. The van der Waals surface area contributed by atoms with Crippen molar-refractivity contribution in [3.05, 3.63) is 16.5 Å². The molecule has 1 aliphatic rings. The molecule has 1 aliphatic carbocycles. The Hall–Kier alpha value is -1.87. The third-order valence-corrected chi connectivity index (χ3v) is 6.38. The number of likely N-dealkylation sites (N-methyl/N-ethyl adjacent to an activating group) is 2. The molecule has 1 atom stereocenters. The number of thiophene rings is 1. The highest BCUT2D eigenvalue weighted by atomic mass is 32.2. The first-order chi connectivity index (χ1) is 12.5. The first-order valence-electron chi connectivity index (χ1n) is 8.49. The molecule has 0 bridgehead atoms. The number of carbonyl (C=O) groups excluding carboxylic acids is 2. The quantitative estimate of drug-likeness (QED) is 0.756. The fourth-order valence-electron chi connectivity index (χ4n) is 2.80. The van der Waals surface area contributed by atoms with E-state index in [0.717, 1.165) is 23.6 Å². The number of nitrogens with zero attached hydrogens (tertiary/aromatic N) is 3. The zero-order chi connectivity index (χ0) is 18.7. The van der Waals surface area contributed by atoms with Crippen LogP contribution >= 0.6 is 23.1 Å². The molecule has 1 N–H and O–H groups in total. The van der Waals surface area contributed by atoms with E-state index < -0.39 is 0 Å². The van der Waals surface area contributed by atoms with Crippen LogP contribution in [-0.2, 0) is 22.4 Å². The second-order valence-electron chi connectivity index (χ2n) is 6.49. The molecule has 7 nitrogen and oxygen atoms in total. The fourth-order valence-corrected chi connectivity index (χ4v) is 4.63. The molecule has 140 valence electrons. The molecule has 0 aliphatic heterocycles. The van der Waals surface area contributed by atoms with Crippen LogP contribution in [0, 0.1) is 5.92 Å². The molecule has 2 heterocycles. The lowest BCUT2D eigenvalue weighted by atomic mass is 9.90. The van der Waals surface area contributed by atoms with Gasteiger partial charge in [0.1, 0.15) is 0 Å². The van der Waals surface area contributed by atoms with E-state index in [4.69, 9.17) is 4.42 Å². The normalized spacial score (nSPS) is 16.2. The summed E-state index contributed by atoms with van der Waals surface area (Å²) in [6, 6.07) is 2.15. The summed E-state index contributed by atoms with van der Waals surface area (Å²) < 4.78 is 5.71. The molecular formula is C17H22N4O3S2. The van der Waals surface area contributed by atoms with E-state index in [1.165, 1.54) is 33.5 Å². The van der Waals surface area contributed by atoms with Crippen LogP contribution in [0.5, 0.6) is 0 Å². The smallest absolute Gasteiger partial charge is 0.277 e. The molecule has 0 radical (unpaired) electrons. The minimum atomic E-state index is -0.207. The average Bonchev–Trinajstić information content (AvgIpc) is 3.25. The van der Waals surface area contributed by atoms with Crippen molar-refractivity contribution < 1.29 is 14.0 Å². The Morgan fingerprint density at radius 3 is 3.04 bits per heavy atom. The number of thioether (sulfide) groups is 1. The van der Waals surface area contributed by atoms with Gasteiger partial charge in [-0.1, -0.05) is 18.7 Å². The molecule has 0 fully saturated rings. The zero-order valence-electron chi connectivity index (χ0n) is 15.1. The third kappa shape index (κ3) is 4.45. The number of carbonyl (C=O) groups is 2. The maximum atomic E-state index is 12.0. The highest BCUT2D eigenvalue weighted by Crippen LogP contribution is 2.37.